The lowest BCUT2D eigenvalue weighted by molar-refractivity contribution is 0.328. The monoisotopic (exact) mass is 359 g/mol. The number of benzene rings is 1. The first-order valence-corrected chi connectivity index (χ1v) is 9.82. The van der Waals surface area contributed by atoms with Gasteiger partial charge in [-0.1, -0.05) is 11.6 Å². The molecular formula is C15H22ClN3O3S. The quantitative estimate of drug-likeness (QED) is 0.456. The highest BCUT2D eigenvalue weighted by Crippen LogP contribution is 2.15. The van der Waals surface area contributed by atoms with Gasteiger partial charge in [0.15, 0.2) is 15.8 Å². The Kier molecular flexibility index (Phi) is 6.53. The highest BCUT2D eigenvalue weighted by atomic mass is 35.5. The molecule has 6 nitrogen and oxygen atoms in total. The molecular weight excluding hydrogens is 338 g/mol. The minimum Gasteiger partial charge on any atom is -0.492 e. The van der Waals surface area contributed by atoms with E-state index in [0.717, 1.165) is 5.75 Å². The molecule has 2 rings (SSSR count). The van der Waals surface area contributed by atoms with Crippen molar-refractivity contribution in [2.24, 2.45) is 4.99 Å². The van der Waals surface area contributed by atoms with Crippen LogP contribution in [0.1, 0.15) is 13.3 Å². The normalized spacial score (nSPS) is 20.3. The lowest BCUT2D eigenvalue weighted by Crippen LogP contribution is -2.44. The first-order chi connectivity index (χ1) is 11.0. The summed E-state index contributed by atoms with van der Waals surface area (Å²) in [5, 5.41) is 6.95. The van der Waals surface area contributed by atoms with E-state index in [4.69, 9.17) is 16.3 Å². The van der Waals surface area contributed by atoms with E-state index in [2.05, 4.69) is 15.6 Å². The van der Waals surface area contributed by atoms with Gasteiger partial charge in [0.2, 0.25) is 0 Å². The van der Waals surface area contributed by atoms with Crippen molar-refractivity contribution in [3.05, 3.63) is 29.3 Å². The Morgan fingerprint density at radius 1 is 1.39 bits per heavy atom. The number of halogens is 1. The molecule has 1 fully saturated rings. The van der Waals surface area contributed by atoms with E-state index in [9.17, 15) is 8.42 Å². The van der Waals surface area contributed by atoms with E-state index in [-0.39, 0.29) is 17.5 Å². The van der Waals surface area contributed by atoms with Crippen LogP contribution in [-0.2, 0) is 9.84 Å². The fraction of sp³-hybridized carbons (Fsp3) is 0.533. The Labute approximate surface area is 142 Å². The van der Waals surface area contributed by atoms with Gasteiger partial charge in [-0.25, -0.2) is 13.4 Å². The van der Waals surface area contributed by atoms with Gasteiger partial charge >= 0.3 is 0 Å². The maximum atomic E-state index is 11.5. The molecule has 0 radical (unpaired) electrons. The number of ether oxygens (including phenoxy) is 1. The van der Waals surface area contributed by atoms with E-state index >= 15 is 0 Å². The summed E-state index contributed by atoms with van der Waals surface area (Å²) in [6.45, 7) is 3.58. The Bertz CT molecular complexity index is 632. The van der Waals surface area contributed by atoms with Crippen molar-refractivity contribution in [1.82, 2.24) is 10.6 Å². The van der Waals surface area contributed by atoms with Gasteiger partial charge in [0.05, 0.1) is 18.1 Å². The van der Waals surface area contributed by atoms with Crippen LogP contribution in [0.3, 0.4) is 0 Å². The number of rotatable bonds is 6. The lowest BCUT2D eigenvalue weighted by Gasteiger charge is -2.15. The molecule has 1 aromatic rings. The molecule has 0 bridgehead atoms. The van der Waals surface area contributed by atoms with Gasteiger partial charge in [-0.15, -0.1) is 0 Å². The van der Waals surface area contributed by atoms with Crippen LogP contribution in [-0.4, -0.2) is 51.6 Å². The molecule has 0 aromatic heterocycles. The molecule has 1 atom stereocenters. The highest BCUT2D eigenvalue weighted by molar-refractivity contribution is 7.91. The Morgan fingerprint density at radius 2 is 2.13 bits per heavy atom. The summed E-state index contributed by atoms with van der Waals surface area (Å²) in [6, 6.07) is 7.08. The average molecular weight is 360 g/mol. The number of sulfone groups is 1. The van der Waals surface area contributed by atoms with Crippen LogP contribution >= 0.6 is 11.6 Å². The second-order valence-corrected chi connectivity index (χ2v) is 7.97. The zero-order chi connectivity index (χ0) is 16.7. The van der Waals surface area contributed by atoms with Gasteiger partial charge in [-0.3, -0.25) is 0 Å². The summed E-state index contributed by atoms with van der Waals surface area (Å²) in [5.74, 6) is 1.77. The number of nitrogens with one attached hydrogen (secondary N) is 2. The number of hydrogen-bond donors (Lipinski definition) is 2. The zero-order valence-electron chi connectivity index (χ0n) is 13.1. The first kappa shape index (κ1) is 17.9. The molecule has 1 aliphatic heterocycles. The standard InChI is InChI=1S/C15H22ClN3O3S/c1-2-17-15(19-13-7-10-23(20,21)11-13)18-8-9-22-14-5-3-12(16)4-6-14/h3-6,13H,2,7-11H2,1H3,(H2,17,18,19). The third kappa shape index (κ3) is 6.27. The molecule has 128 valence electrons. The summed E-state index contributed by atoms with van der Waals surface area (Å²) in [7, 11) is -2.90. The van der Waals surface area contributed by atoms with E-state index in [1.165, 1.54) is 0 Å². The maximum absolute atomic E-state index is 11.5. The highest BCUT2D eigenvalue weighted by Gasteiger charge is 2.28. The van der Waals surface area contributed by atoms with Crippen molar-refractivity contribution >= 4 is 27.4 Å². The Balaban J connectivity index is 1.80. The van der Waals surface area contributed by atoms with Gasteiger partial charge in [0, 0.05) is 17.6 Å². The molecule has 0 aliphatic carbocycles. The van der Waals surface area contributed by atoms with Crippen LogP contribution in [0.4, 0.5) is 0 Å². The largest absolute Gasteiger partial charge is 0.492 e. The summed E-state index contributed by atoms with van der Waals surface area (Å²) in [6.07, 6.45) is 0.619. The molecule has 1 aliphatic rings. The van der Waals surface area contributed by atoms with Gasteiger partial charge in [-0.2, -0.15) is 0 Å². The van der Waals surface area contributed by atoms with Crippen LogP contribution < -0.4 is 15.4 Å². The number of guanidine groups is 1. The Morgan fingerprint density at radius 3 is 2.74 bits per heavy atom. The van der Waals surface area contributed by atoms with Crippen LogP contribution in [0, 0.1) is 0 Å². The second-order valence-electron chi connectivity index (χ2n) is 5.31. The fourth-order valence-electron chi connectivity index (χ4n) is 2.27. The third-order valence-corrected chi connectivity index (χ3v) is 5.38. The summed E-state index contributed by atoms with van der Waals surface area (Å²) >= 11 is 5.81. The number of nitrogens with zero attached hydrogens (tertiary/aromatic N) is 1. The van der Waals surface area contributed by atoms with Gasteiger partial charge in [0.25, 0.3) is 0 Å². The van der Waals surface area contributed by atoms with Crippen LogP contribution in [0.25, 0.3) is 0 Å². The first-order valence-electron chi connectivity index (χ1n) is 7.62. The molecule has 1 saturated heterocycles. The van der Waals surface area contributed by atoms with E-state index in [1.807, 2.05) is 6.92 Å². The zero-order valence-corrected chi connectivity index (χ0v) is 14.7. The molecule has 1 heterocycles. The van der Waals surface area contributed by atoms with Crippen molar-refractivity contribution in [2.75, 3.05) is 31.2 Å². The van der Waals surface area contributed by atoms with Gasteiger partial charge in [-0.05, 0) is 37.6 Å². The molecule has 2 N–H and O–H groups in total. The fourth-order valence-corrected chi connectivity index (χ4v) is 4.07. The van der Waals surface area contributed by atoms with Crippen molar-refractivity contribution in [3.63, 3.8) is 0 Å². The number of hydrogen-bond acceptors (Lipinski definition) is 4. The maximum Gasteiger partial charge on any atom is 0.191 e. The smallest absolute Gasteiger partial charge is 0.191 e. The molecule has 0 saturated carbocycles. The van der Waals surface area contributed by atoms with Crippen LogP contribution in [0.5, 0.6) is 5.75 Å². The third-order valence-electron chi connectivity index (χ3n) is 3.36. The predicted molar refractivity (Wildman–Crippen MR) is 93.1 cm³/mol. The minimum absolute atomic E-state index is 0.0741. The van der Waals surface area contributed by atoms with Crippen LogP contribution in [0.15, 0.2) is 29.3 Å². The molecule has 0 spiro atoms. The summed E-state index contributed by atoms with van der Waals surface area (Å²) < 4.78 is 28.6. The molecule has 1 unspecified atom stereocenters. The molecule has 8 heteroatoms. The molecule has 23 heavy (non-hydrogen) atoms. The van der Waals surface area contributed by atoms with Crippen molar-refractivity contribution in [2.45, 2.75) is 19.4 Å². The molecule has 1 aromatic carbocycles. The van der Waals surface area contributed by atoms with Crippen LogP contribution in [0.2, 0.25) is 5.02 Å². The number of aliphatic imine (C=N–C) groups is 1. The average Bonchev–Trinajstić information content (AvgIpc) is 2.84. The Hall–Kier alpha value is -1.47. The molecule has 0 amide bonds. The van der Waals surface area contributed by atoms with E-state index in [0.29, 0.717) is 37.1 Å². The SMILES string of the molecule is CCNC(=NCCOc1ccc(Cl)cc1)NC1CCS(=O)(=O)C1. The van der Waals surface area contributed by atoms with Crippen molar-refractivity contribution < 1.29 is 13.2 Å². The van der Waals surface area contributed by atoms with Gasteiger partial charge in [0.1, 0.15) is 12.4 Å². The second kappa shape index (κ2) is 8.40. The topological polar surface area (TPSA) is 79.8 Å². The summed E-state index contributed by atoms with van der Waals surface area (Å²) in [5.41, 5.74) is 0. The summed E-state index contributed by atoms with van der Waals surface area (Å²) in [4.78, 5) is 4.41. The minimum atomic E-state index is -2.90. The van der Waals surface area contributed by atoms with E-state index < -0.39 is 9.84 Å². The van der Waals surface area contributed by atoms with E-state index in [1.54, 1.807) is 24.3 Å². The van der Waals surface area contributed by atoms with Gasteiger partial charge < -0.3 is 15.4 Å². The van der Waals surface area contributed by atoms with Crippen molar-refractivity contribution in [3.8, 4) is 5.75 Å². The van der Waals surface area contributed by atoms with Crippen molar-refractivity contribution in [1.29, 1.82) is 0 Å². The predicted octanol–water partition coefficient (Wildman–Crippen LogP) is 1.46. The lowest BCUT2D eigenvalue weighted by atomic mass is 10.3.